The first-order valence-corrected chi connectivity index (χ1v) is 6.06. The van der Waals surface area contributed by atoms with Gasteiger partial charge in [-0.15, -0.1) is 0 Å². The minimum absolute atomic E-state index is 0.0666. The predicted octanol–water partition coefficient (Wildman–Crippen LogP) is -0.395. The van der Waals surface area contributed by atoms with Crippen LogP contribution in [0.3, 0.4) is 0 Å². The van der Waals surface area contributed by atoms with E-state index in [1.165, 1.54) is 12.1 Å². The highest BCUT2D eigenvalue weighted by atomic mass is 32.2. The van der Waals surface area contributed by atoms with E-state index in [0.717, 1.165) is 5.56 Å². The average molecular weight is 273 g/mol. The molecular weight excluding hydrogens is 258 g/mol. The zero-order valence-corrected chi connectivity index (χ0v) is 10.5. The molecule has 0 aromatic heterocycles. The summed E-state index contributed by atoms with van der Waals surface area (Å²) >= 11 is 0. The normalized spacial score (nSPS) is 9.89. The number of hydrogen-bond donors (Lipinski definition) is 6. The van der Waals surface area contributed by atoms with Crippen molar-refractivity contribution in [3.8, 4) is 0 Å². The van der Waals surface area contributed by atoms with Gasteiger partial charge in [0.05, 0.1) is 4.90 Å². The third-order valence-corrected chi connectivity index (χ3v) is 2.46. The van der Waals surface area contributed by atoms with Gasteiger partial charge >= 0.3 is 0 Å². The Bertz CT molecular complexity index is 512. The van der Waals surface area contributed by atoms with Crippen LogP contribution in [0.5, 0.6) is 0 Å². The first-order valence-electron chi connectivity index (χ1n) is 4.62. The van der Waals surface area contributed by atoms with E-state index >= 15 is 0 Å². The van der Waals surface area contributed by atoms with E-state index < -0.39 is 10.1 Å². The third-order valence-electron chi connectivity index (χ3n) is 1.59. The number of nitrogens with one attached hydrogen (secondary N) is 3. The maximum Gasteiger partial charge on any atom is 0.294 e. The van der Waals surface area contributed by atoms with E-state index in [2.05, 4.69) is 0 Å². The number of benzene rings is 1. The van der Waals surface area contributed by atoms with Crippen molar-refractivity contribution in [1.82, 2.24) is 5.32 Å². The van der Waals surface area contributed by atoms with Crippen LogP contribution < -0.4 is 16.8 Å². The monoisotopic (exact) mass is 273 g/mol. The van der Waals surface area contributed by atoms with Crippen LogP contribution in [0.2, 0.25) is 0 Å². The summed E-state index contributed by atoms with van der Waals surface area (Å²) in [5.41, 5.74) is 10.4. The quantitative estimate of drug-likeness (QED) is 0.231. The number of rotatable bonds is 1. The van der Waals surface area contributed by atoms with Gasteiger partial charge in [-0.25, -0.2) is 0 Å². The molecule has 0 heterocycles. The average Bonchev–Trinajstić information content (AvgIpc) is 2.15. The van der Waals surface area contributed by atoms with Crippen LogP contribution in [0.25, 0.3) is 0 Å². The van der Waals surface area contributed by atoms with Gasteiger partial charge in [-0.05, 0) is 19.1 Å². The molecular formula is C9H15N5O3S. The van der Waals surface area contributed by atoms with E-state index in [1.807, 2.05) is 12.2 Å². The lowest BCUT2D eigenvalue weighted by Crippen LogP contribution is -2.39. The molecule has 8 N–H and O–H groups in total. The standard InChI is InChI=1S/C7H8O3S.C2H7N5/c1-6-2-4-7(5-3-6)11(8,9)10;3-1(4)7-2(5)6/h2-5H,1H3,(H,8,9,10);(H7,3,4,5,6,7). The Labute approximate surface area is 105 Å². The minimum atomic E-state index is -4.02. The molecule has 1 aromatic rings. The van der Waals surface area contributed by atoms with Crippen LogP contribution in [0.1, 0.15) is 5.56 Å². The minimum Gasteiger partial charge on any atom is -0.370 e. The summed E-state index contributed by atoms with van der Waals surface area (Å²) in [6.45, 7) is 1.84. The molecule has 0 unspecified atom stereocenters. The highest BCUT2D eigenvalue weighted by molar-refractivity contribution is 7.85. The van der Waals surface area contributed by atoms with Crippen LogP contribution in [-0.4, -0.2) is 24.9 Å². The topological polar surface area (TPSA) is 166 Å². The van der Waals surface area contributed by atoms with Crippen molar-refractivity contribution in [2.24, 2.45) is 11.5 Å². The highest BCUT2D eigenvalue weighted by Crippen LogP contribution is 2.08. The fraction of sp³-hybridized carbons (Fsp3) is 0.111. The second-order valence-electron chi connectivity index (χ2n) is 3.24. The number of hydrogen-bond acceptors (Lipinski definition) is 4. The van der Waals surface area contributed by atoms with Crippen molar-refractivity contribution in [2.75, 3.05) is 0 Å². The van der Waals surface area contributed by atoms with Crippen LogP contribution in [-0.2, 0) is 10.1 Å². The predicted molar refractivity (Wildman–Crippen MR) is 68.0 cm³/mol. The van der Waals surface area contributed by atoms with Crippen molar-refractivity contribution in [3.05, 3.63) is 29.8 Å². The molecule has 0 bridgehead atoms. The van der Waals surface area contributed by atoms with E-state index in [-0.39, 0.29) is 16.8 Å². The zero-order valence-electron chi connectivity index (χ0n) is 9.64. The molecule has 0 saturated heterocycles. The summed E-state index contributed by atoms with van der Waals surface area (Å²) in [5, 5.41) is 15.0. The van der Waals surface area contributed by atoms with Crippen molar-refractivity contribution < 1.29 is 13.0 Å². The van der Waals surface area contributed by atoms with E-state index in [0.29, 0.717) is 0 Å². The third kappa shape index (κ3) is 7.19. The maximum absolute atomic E-state index is 10.5. The van der Waals surface area contributed by atoms with Crippen LogP contribution in [0, 0.1) is 17.7 Å². The SMILES string of the molecule is Cc1ccc(S(=O)(=O)O)cc1.N=C(N)NC(=N)N. The fourth-order valence-corrected chi connectivity index (χ4v) is 1.34. The molecule has 1 rings (SSSR count). The summed E-state index contributed by atoms with van der Waals surface area (Å²) in [7, 11) is -4.02. The smallest absolute Gasteiger partial charge is 0.294 e. The second kappa shape index (κ2) is 6.57. The van der Waals surface area contributed by atoms with Gasteiger partial charge < -0.3 is 11.5 Å². The van der Waals surface area contributed by atoms with Crippen LogP contribution >= 0.6 is 0 Å². The van der Waals surface area contributed by atoms with Crippen LogP contribution in [0.15, 0.2) is 29.2 Å². The lowest BCUT2D eigenvalue weighted by Gasteiger charge is -1.95. The molecule has 8 nitrogen and oxygen atoms in total. The Balaban J connectivity index is 0.000000360. The molecule has 0 aliphatic carbocycles. The summed E-state index contributed by atoms with van der Waals surface area (Å²) in [6.07, 6.45) is 0. The van der Waals surface area contributed by atoms with Crippen molar-refractivity contribution >= 4 is 22.0 Å². The van der Waals surface area contributed by atoms with Gasteiger partial charge in [-0.2, -0.15) is 8.42 Å². The molecule has 0 aliphatic rings. The Morgan fingerprint density at radius 3 is 1.78 bits per heavy atom. The van der Waals surface area contributed by atoms with Crippen molar-refractivity contribution in [3.63, 3.8) is 0 Å². The first-order chi connectivity index (χ1) is 8.12. The van der Waals surface area contributed by atoms with Gasteiger partial charge in [0.25, 0.3) is 10.1 Å². The van der Waals surface area contributed by atoms with Gasteiger partial charge in [0.2, 0.25) is 0 Å². The lowest BCUT2D eigenvalue weighted by atomic mass is 10.2. The number of guanidine groups is 2. The van der Waals surface area contributed by atoms with Gasteiger partial charge in [-0.3, -0.25) is 20.7 Å². The Kier molecular flexibility index (Phi) is 5.79. The molecule has 0 amide bonds. The van der Waals surface area contributed by atoms with Gasteiger partial charge in [0.15, 0.2) is 11.9 Å². The molecule has 0 radical (unpaired) electrons. The largest absolute Gasteiger partial charge is 0.370 e. The van der Waals surface area contributed by atoms with Gasteiger partial charge in [0, 0.05) is 0 Å². The summed E-state index contributed by atoms with van der Waals surface area (Å²) < 4.78 is 29.6. The summed E-state index contributed by atoms with van der Waals surface area (Å²) in [6, 6.07) is 5.99. The van der Waals surface area contributed by atoms with E-state index in [1.54, 1.807) is 12.1 Å². The van der Waals surface area contributed by atoms with E-state index in [9.17, 15) is 8.42 Å². The molecule has 100 valence electrons. The summed E-state index contributed by atoms with van der Waals surface area (Å²) in [5.74, 6) is -0.625. The molecule has 9 heteroatoms. The Morgan fingerprint density at radius 1 is 1.17 bits per heavy atom. The Morgan fingerprint density at radius 2 is 1.56 bits per heavy atom. The van der Waals surface area contributed by atoms with E-state index in [4.69, 9.17) is 26.8 Å². The molecule has 18 heavy (non-hydrogen) atoms. The molecule has 0 fully saturated rings. The van der Waals surface area contributed by atoms with Gasteiger partial charge in [-0.1, -0.05) is 17.7 Å². The number of aryl methyl sites for hydroxylation is 1. The lowest BCUT2D eigenvalue weighted by molar-refractivity contribution is 0.483. The van der Waals surface area contributed by atoms with Crippen LogP contribution in [0.4, 0.5) is 0 Å². The highest BCUT2D eigenvalue weighted by Gasteiger charge is 2.06. The zero-order chi connectivity index (χ0) is 14.3. The molecule has 0 saturated carbocycles. The molecule has 1 aromatic carbocycles. The first kappa shape index (κ1) is 15.9. The number of nitrogens with two attached hydrogens (primary N) is 2. The summed E-state index contributed by atoms with van der Waals surface area (Å²) in [4.78, 5) is -0.0666. The maximum atomic E-state index is 10.5. The molecule has 0 aliphatic heterocycles. The fourth-order valence-electron chi connectivity index (χ4n) is 0.855. The van der Waals surface area contributed by atoms with Crippen molar-refractivity contribution in [2.45, 2.75) is 11.8 Å². The second-order valence-corrected chi connectivity index (χ2v) is 4.66. The Hall–Kier alpha value is -2.13. The van der Waals surface area contributed by atoms with Crippen molar-refractivity contribution in [1.29, 1.82) is 10.8 Å². The molecule has 0 atom stereocenters. The molecule has 0 spiro atoms. The van der Waals surface area contributed by atoms with Gasteiger partial charge in [0.1, 0.15) is 0 Å².